The van der Waals surface area contributed by atoms with E-state index in [1.54, 1.807) is 43.6 Å². The molecule has 2 heterocycles. The molecule has 2 rings (SSSR count). The molecule has 0 radical (unpaired) electrons. The van der Waals surface area contributed by atoms with Gasteiger partial charge < -0.3 is 20.7 Å². The van der Waals surface area contributed by atoms with Gasteiger partial charge in [0.15, 0.2) is 5.57 Å². The number of hydrogen-bond donors (Lipinski definition) is 3. The van der Waals surface area contributed by atoms with E-state index in [-0.39, 0.29) is 15.7 Å². The van der Waals surface area contributed by atoms with Crippen molar-refractivity contribution in [2.75, 3.05) is 37.4 Å². The summed E-state index contributed by atoms with van der Waals surface area (Å²) in [6.45, 7) is 1.20. The number of pyridine rings is 1. The number of amides is 1. The minimum Gasteiger partial charge on any atom is -0.383 e. The summed E-state index contributed by atoms with van der Waals surface area (Å²) in [5.41, 5.74) is -1.06. The van der Waals surface area contributed by atoms with Crippen LogP contribution in [-0.4, -0.2) is 48.4 Å². The summed E-state index contributed by atoms with van der Waals surface area (Å²) in [6.07, 6.45) is -3.26. The third-order valence-corrected chi connectivity index (χ3v) is 5.07. The average molecular weight is 470 g/mol. The van der Waals surface area contributed by atoms with Crippen molar-refractivity contribution < 1.29 is 22.7 Å². The van der Waals surface area contributed by atoms with Gasteiger partial charge in [-0.1, -0.05) is 6.07 Å². The number of anilines is 2. The van der Waals surface area contributed by atoms with Crippen LogP contribution in [0, 0.1) is 11.3 Å². The summed E-state index contributed by atoms with van der Waals surface area (Å²) in [4.78, 5) is 29.1. The molecule has 0 aromatic carbocycles. The average Bonchev–Trinajstić information content (AvgIpc) is 3.06. The van der Waals surface area contributed by atoms with E-state index >= 15 is 0 Å². The van der Waals surface area contributed by atoms with Crippen molar-refractivity contribution in [3.05, 3.63) is 37.7 Å². The predicted molar refractivity (Wildman–Crippen MR) is 114 cm³/mol. The third kappa shape index (κ3) is 6.82. The minimum absolute atomic E-state index is 0.0318. The number of hydrogen-bond acceptors (Lipinski definition) is 8. The molecule has 3 N–H and O–H groups in total. The van der Waals surface area contributed by atoms with Crippen molar-refractivity contribution in [1.29, 1.82) is 5.26 Å². The van der Waals surface area contributed by atoms with Crippen LogP contribution < -0.4 is 30.7 Å². The summed E-state index contributed by atoms with van der Waals surface area (Å²) >= 11 is 0.816. The van der Waals surface area contributed by atoms with Gasteiger partial charge in [0.1, 0.15) is 33.4 Å². The number of rotatable bonds is 9. The van der Waals surface area contributed by atoms with Crippen molar-refractivity contribution in [2.45, 2.75) is 19.6 Å². The maximum atomic E-state index is 12.7. The molecule has 0 fully saturated rings. The minimum atomic E-state index is -4.63. The highest BCUT2D eigenvalue weighted by Gasteiger charge is 2.28. The van der Waals surface area contributed by atoms with Crippen LogP contribution in [0.2, 0.25) is 0 Å². The smallest absolute Gasteiger partial charge is 0.383 e. The third-order valence-electron chi connectivity index (χ3n) is 3.94. The van der Waals surface area contributed by atoms with Crippen molar-refractivity contribution in [2.24, 2.45) is 0 Å². The Labute approximate surface area is 184 Å². The Kier molecular flexibility index (Phi) is 8.80. The number of carbonyl (C=O) groups is 1. The standard InChI is InChI=1S/C19H21F3N6O3S/c1-3-28-17(30)13(10-25-15-6-4-5-14(27-15)24-7-8-31-2)32-18(28)12(9-23)16(29)26-11-19(20,21)22/h4-6,10H,3,7-8,11H2,1-2H3,(H,26,29)(H2,24,25,27)/b13-10+,18-12-. The number of thiazole rings is 1. The lowest BCUT2D eigenvalue weighted by molar-refractivity contribution is -0.135. The fourth-order valence-electron chi connectivity index (χ4n) is 2.49. The van der Waals surface area contributed by atoms with Crippen molar-refractivity contribution in [3.8, 4) is 6.07 Å². The van der Waals surface area contributed by atoms with Gasteiger partial charge in [-0.3, -0.25) is 14.2 Å². The first-order valence-corrected chi connectivity index (χ1v) is 10.2. The Morgan fingerprint density at radius 1 is 1.38 bits per heavy atom. The molecular formula is C19H21F3N6O3S. The molecular weight excluding hydrogens is 449 g/mol. The molecule has 32 heavy (non-hydrogen) atoms. The summed E-state index contributed by atoms with van der Waals surface area (Å²) in [6, 6.07) is 6.76. The zero-order valence-electron chi connectivity index (χ0n) is 17.2. The van der Waals surface area contributed by atoms with E-state index < -0.39 is 29.8 Å². The van der Waals surface area contributed by atoms with Crippen molar-refractivity contribution >= 4 is 40.7 Å². The van der Waals surface area contributed by atoms with E-state index in [4.69, 9.17) is 4.74 Å². The zero-order valence-corrected chi connectivity index (χ0v) is 18.1. The zero-order chi connectivity index (χ0) is 23.7. The number of nitriles is 1. The Balaban J connectivity index is 2.37. The lowest BCUT2D eigenvalue weighted by Gasteiger charge is -2.07. The van der Waals surface area contributed by atoms with Gasteiger partial charge in [-0.2, -0.15) is 18.4 Å². The molecule has 0 unspecified atom stereocenters. The number of nitrogens with zero attached hydrogens (tertiary/aromatic N) is 3. The van der Waals surface area contributed by atoms with E-state index in [1.165, 1.54) is 6.20 Å². The van der Waals surface area contributed by atoms with E-state index in [1.807, 2.05) is 0 Å². The predicted octanol–water partition coefficient (Wildman–Crippen LogP) is 0.586. The van der Waals surface area contributed by atoms with Crippen LogP contribution in [0.5, 0.6) is 0 Å². The van der Waals surface area contributed by atoms with Crippen LogP contribution in [-0.2, 0) is 16.1 Å². The number of halogens is 3. The van der Waals surface area contributed by atoms with Crippen LogP contribution in [0.1, 0.15) is 6.92 Å². The van der Waals surface area contributed by atoms with Gasteiger partial charge in [-0.25, -0.2) is 4.98 Å². The van der Waals surface area contributed by atoms with E-state index in [9.17, 15) is 28.0 Å². The van der Waals surface area contributed by atoms with Crippen LogP contribution >= 0.6 is 11.3 Å². The fourth-order valence-corrected chi connectivity index (χ4v) is 3.58. The van der Waals surface area contributed by atoms with E-state index in [0.29, 0.717) is 24.8 Å². The molecule has 2 aromatic heterocycles. The van der Waals surface area contributed by atoms with Crippen molar-refractivity contribution in [1.82, 2.24) is 14.9 Å². The second-order valence-electron chi connectivity index (χ2n) is 6.22. The van der Waals surface area contributed by atoms with Gasteiger partial charge in [0, 0.05) is 26.4 Å². The monoisotopic (exact) mass is 470 g/mol. The lowest BCUT2D eigenvalue weighted by atomic mass is 10.3. The van der Waals surface area contributed by atoms with Crippen LogP contribution in [0.15, 0.2) is 23.0 Å². The van der Waals surface area contributed by atoms with E-state index in [2.05, 4.69) is 15.6 Å². The van der Waals surface area contributed by atoms with Crippen molar-refractivity contribution in [3.63, 3.8) is 0 Å². The molecule has 0 aliphatic heterocycles. The van der Waals surface area contributed by atoms with Gasteiger partial charge in [-0.15, -0.1) is 11.3 Å². The maximum Gasteiger partial charge on any atom is 0.405 e. The highest BCUT2D eigenvalue weighted by molar-refractivity contribution is 7.07. The Hall–Kier alpha value is -3.37. The van der Waals surface area contributed by atoms with Crippen LogP contribution in [0.3, 0.4) is 0 Å². The second-order valence-corrected chi connectivity index (χ2v) is 7.25. The van der Waals surface area contributed by atoms with Gasteiger partial charge in [0.2, 0.25) is 0 Å². The molecule has 2 aromatic rings. The fraction of sp³-hybridized carbons (Fsp3) is 0.368. The highest BCUT2D eigenvalue weighted by atomic mass is 32.1. The molecule has 0 atom stereocenters. The first-order chi connectivity index (χ1) is 15.2. The first-order valence-electron chi connectivity index (χ1n) is 9.35. The highest BCUT2D eigenvalue weighted by Crippen LogP contribution is 2.12. The molecule has 0 saturated heterocycles. The first kappa shape index (κ1) is 24.9. The Morgan fingerprint density at radius 2 is 2.09 bits per heavy atom. The summed E-state index contributed by atoms with van der Waals surface area (Å²) in [5.74, 6) is -0.193. The molecule has 0 aliphatic carbocycles. The molecule has 9 nitrogen and oxygen atoms in total. The number of aromatic nitrogens is 2. The molecule has 172 valence electrons. The number of nitrogens with one attached hydrogen (secondary N) is 3. The van der Waals surface area contributed by atoms with Gasteiger partial charge in [-0.05, 0) is 19.1 Å². The van der Waals surface area contributed by atoms with Crippen LogP contribution in [0.4, 0.5) is 24.8 Å². The summed E-state index contributed by atoms with van der Waals surface area (Å²) in [7, 11) is 1.58. The number of carbonyl (C=O) groups excluding carboxylic acids is 1. The lowest BCUT2D eigenvalue weighted by Crippen LogP contribution is -2.37. The van der Waals surface area contributed by atoms with Gasteiger partial charge >= 0.3 is 6.18 Å². The summed E-state index contributed by atoms with van der Waals surface area (Å²) in [5, 5.41) is 16.9. The molecule has 0 spiro atoms. The Bertz CT molecular complexity index is 1170. The number of alkyl halides is 3. The normalized spacial score (nSPS) is 12.8. The molecule has 0 bridgehead atoms. The SMILES string of the molecule is CCn1c(=O)/c(=C\Nc2cccc(NCCOC)n2)s/c1=C(/C#N)C(=O)NCC(F)(F)F. The maximum absolute atomic E-state index is 12.7. The van der Waals surface area contributed by atoms with Crippen LogP contribution in [0.25, 0.3) is 11.8 Å². The van der Waals surface area contributed by atoms with Gasteiger partial charge in [0.25, 0.3) is 11.5 Å². The quantitative estimate of drug-likeness (QED) is 0.459. The van der Waals surface area contributed by atoms with Gasteiger partial charge in [0.05, 0.1) is 6.61 Å². The number of ether oxygens (including phenoxy) is 1. The second kappa shape index (κ2) is 11.3. The van der Waals surface area contributed by atoms with E-state index in [0.717, 1.165) is 15.9 Å². The molecule has 0 aliphatic rings. The number of methoxy groups -OCH3 is 1. The largest absolute Gasteiger partial charge is 0.405 e. The molecule has 0 saturated carbocycles. The molecule has 1 amide bonds. The topological polar surface area (TPSA) is 121 Å². The Morgan fingerprint density at radius 3 is 2.72 bits per heavy atom. The summed E-state index contributed by atoms with van der Waals surface area (Å²) < 4.78 is 43.4. The molecule has 13 heteroatoms.